The smallest absolute Gasteiger partial charge is 0.228 e. The molecular formula is C21H17Cl2N3O2. The Labute approximate surface area is 172 Å². The monoisotopic (exact) mass is 413 g/mol. The Morgan fingerprint density at radius 2 is 1.71 bits per heavy atom. The third-order valence-corrected chi connectivity index (χ3v) is 5.62. The molecule has 0 saturated carbocycles. The van der Waals surface area contributed by atoms with E-state index in [1.54, 1.807) is 24.3 Å². The first-order chi connectivity index (χ1) is 13.6. The lowest BCUT2D eigenvalue weighted by atomic mass is 10.0. The van der Waals surface area contributed by atoms with Crippen LogP contribution in [0.2, 0.25) is 10.0 Å². The van der Waals surface area contributed by atoms with Gasteiger partial charge in [-0.2, -0.15) is 4.98 Å². The van der Waals surface area contributed by atoms with Gasteiger partial charge in [0.25, 0.3) is 0 Å². The molecule has 2 aliphatic rings. The van der Waals surface area contributed by atoms with Crippen molar-refractivity contribution in [3.05, 3.63) is 57.6 Å². The quantitative estimate of drug-likeness (QED) is 0.473. The van der Waals surface area contributed by atoms with Crippen LogP contribution in [0.15, 0.2) is 36.4 Å². The van der Waals surface area contributed by atoms with Crippen molar-refractivity contribution in [2.75, 3.05) is 18.0 Å². The molecule has 1 N–H and O–H groups in total. The number of phenols is 1. The minimum Gasteiger partial charge on any atom is -0.507 e. The van der Waals surface area contributed by atoms with Crippen molar-refractivity contribution in [3.8, 4) is 28.8 Å². The molecule has 3 heterocycles. The normalized spacial score (nSPS) is 15.1. The van der Waals surface area contributed by atoms with E-state index >= 15 is 0 Å². The second-order valence-electron chi connectivity index (χ2n) is 7.04. The van der Waals surface area contributed by atoms with Crippen LogP contribution < -0.4 is 9.64 Å². The van der Waals surface area contributed by atoms with Crippen LogP contribution >= 0.6 is 23.2 Å². The van der Waals surface area contributed by atoms with Gasteiger partial charge in [-0.05, 0) is 49.2 Å². The van der Waals surface area contributed by atoms with Crippen LogP contribution in [0.25, 0.3) is 11.4 Å². The van der Waals surface area contributed by atoms with E-state index in [9.17, 15) is 5.11 Å². The Hall–Kier alpha value is -2.50. The van der Waals surface area contributed by atoms with Crippen molar-refractivity contribution in [1.29, 1.82) is 0 Å². The molecule has 0 unspecified atom stereocenters. The van der Waals surface area contributed by atoms with Crippen molar-refractivity contribution in [3.63, 3.8) is 0 Å². The highest BCUT2D eigenvalue weighted by Gasteiger charge is 2.28. The fourth-order valence-electron chi connectivity index (χ4n) is 3.77. The highest BCUT2D eigenvalue weighted by Crippen LogP contribution is 2.42. The lowest BCUT2D eigenvalue weighted by Gasteiger charge is -2.26. The maximum atomic E-state index is 10.3. The molecule has 28 heavy (non-hydrogen) atoms. The van der Waals surface area contributed by atoms with Gasteiger partial charge in [0, 0.05) is 35.1 Å². The predicted octanol–water partition coefficient (Wildman–Crippen LogP) is 5.45. The molecule has 0 bridgehead atoms. The molecule has 2 aromatic carbocycles. The highest BCUT2D eigenvalue weighted by atomic mass is 35.5. The zero-order chi connectivity index (χ0) is 19.3. The number of fused-ring (bicyclic) bond motifs is 2. The molecule has 7 heteroatoms. The van der Waals surface area contributed by atoms with E-state index < -0.39 is 0 Å². The molecule has 142 valence electrons. The fourth-order valence-corrected chi connectivity index (χ4v) is 4.14. The molecule has 1 saturated heterocycles. The molecule has 3 aromatic rings. The molecule has 5 nitrogen and oxygen atoms in total. The van der Waals surface area contributed by atoms with Crippen molar-refractivity contribution >= 4 is 29.0 Å². The lowest BCUT2D eigenvalue weighted by molar-refractivity contribution is 0.439. The number of nitrogens with zero attached hydrogens (tertiary/aromatic N) is 3. The van der Waals surface area contributed by atoms with Gasteiger partial charge >= 0.3 is 0 Å². The summed E-state index contributed by atoms with van der Waals surface area (Å²) in [4.78, 5) is 11.7. The Balaban J connectivity index is 1.68. The Morgan fingerprint density at radius 1 is 0.964 bits per heavy atom. The summed E-state index contributed by atoms with van der Waals surface area (Å²) in [7, 11) is 0. The highest BCUT2D eigenvalue weighted by molar-refractivity contribution is 6.31. The van der Waals surface area contributed by atoms with E-state index in [1.165, 1.54) is 0 Å². The minimum atomic E-state index is 0.0831. The van der Waals surface area contributed by atoms with Crippen LogP contribution in [-0.4, -0.2) is 28.2 Å². The van der Waals surface area contributed by atoms with Gasteiger partial charge in [-0.15, -0.1) is 0 Å². The zero-order valence-corrected chi connectivity index (χ0v) is 16.5. The van der Waals surface area contributed by atoms with Crippen LogP contribution in [0.1, 0.15) is 24.0 Å². The molecule has 0 radical (unpaired) electrons. The fraction of sp³-hybridized carbons (Fsp3) is 0.238. The second kappa shape index (κ2) is 6.83. The standard InChI is InChI=1S/C21H17Cl2N3O2/c22-13-4-6-18-12(9-13)10-16-20(26-7-1-2-8-26)24-19(25-21(16)28-18)15-11-14(23)3-5-17(15)27/h3-6,9,11,27H,1-2,7-8,10H2. The van der Waals surface area contributed by atoms with E-state index in [2.05, 4.69) is 9.88 Å². The number of anilines is 1. The summed E-state index contributed by atoms with van der Waals surface area (Å²) >= 11 is 12.3. The minimum absolute atomic E-state index is 0.0831. The number of hydrogen-bond acceptors (Lipinski definition) is 5. The Kier molecular flexibility index (Phi) is 4.29. The van der Waals surface area contributed by atoms with Crippen LogP contribution in [0, 0.1) is 0 Å². The van der Waals surface area contributed by atoms with E-state index in [4.69, 9.17) is 32.9 Å². The van der Waals surface area contributed by atoms with Gasteiger partial charge in [-0.3, -0.25) is 0 Å². The summed E-state index contributed by atoms with van der Waals surface area (Å²) in [5.74, 6) is 2.59. The average molecular weight is 414 g/mol. The van der Waals surface area contributed by atoms with Gasteiger partial charge in [0.15, 0.2) is 5.82 Å². The number of benzene rings is 2. The first-order valence-electron chi connectivity index (χ1n) is 9.19. The topological polar surface area (TPSA) is 58.5 Å². The van der Waals surface area contributed by atoms with E-state index in [-0.39, 0.29) is 5.75 Å². The van der Waals surface area contributed by atoms with E-state index in [0.29, 0.717) is 33.7 Å². The molecule has 1 fully saturated rings. The zero-order valence-electron chi connectivity index (χ0n) is 15.0. The maximum Gasteiger partial charge on any atom is 0.228 e. The van der Waals surface area contributed by atoms with Gasteiger partial charge in [-0.1, -0.05) is 23.2 Å². The average Bonchev–Trinajstić information content (AvgIpc) is 3.22. The first kappa shape index (κ1) is 17.6. The SMILES string of the molecule is Oc1ccc(Cl)cc1-c1nc2c(c(N3CCCC3)n1)Cc1cc(Cl)ccc1O2. The molecule has 0 aliphatic carbocycles. The predicted molar refractivity (Wildman–Crippen MR) is 110 cm³/mol. The van der Waals surface area contributed by atoms with Crippen LogP contribution in [0.5, 0.6) is 17.4 Å². The third-order valence-electron chi connectivity index (χ3n) is 5.15. The molecule has 1 aromatic heterocycles. The van der Waals surface area contributed by atoms with Crippen LogP contribution in [0.4, 0.5) is 5.82 Å². The summed E-state index contributed by atoms with van der Waals surface area (Å²) in [5.41, 5.74) is 2.45. The first-order valence-corrected chi connectivity index (χ1v) is 9.95. The summed E-state index contributed by atoms with van der Waals surface area (Å²) in [5, 5.41) is 11.5. The number of rotatable bonds is 2. The molecule has 0 amide bonds. The van der Waals surface area contributed by atoms with Crippen molar-refractivity contribution in [2.45, 2.75) is 19.3 Å². The van der Waals surface area contributed by atoms with Crippen molar-refractivity contribution < 1.29 is 9.84 Å². The van der Waals surface area contributed by atoms with Crippen molar-refractivity contribution in [1.82, 2.24) is 9.97 Å². The number of aromatic nitrogens is 2. The van der Waals surface area contributed by atoms with Gasteiger partial charge in [0.2, 0.25) is 5.88 Å². The largest absolute Gasteiger partial charge is 0.507 e. The summed E-state index contributed by atoms with van der Waals surface area (Å²) in [6.07, 6.45) is 2.90. The van der Waals surface area contributed by atoms with E-state index in [1.807, 2.05) is 12.1 Å². The van der Waals surface area contributed by atoms with Gasteiger partial charge in [0.1, 0.15) is 17.3 Å². The summed E-state index contributed by atoms with van der Waals surface area (Å²) < 4.78 is 6.11. The second-order valence-corrected chi connectivity index (χ2v) is 7.91. The number of ether oxygens (including phenoxy) is 1. The van der Waals surface area contributed by atoms with Gasteiger partial charge in [-0.25, -0.2) is 4.98 Å². The molecule has 0 atom stereocenters. The summed E-state index contributed by atoms with van der Waals surface area (Å²) in [6, 6.07) is 10.4. The molecular weight excluding hydrogens is 397 g/mol. The maximum absolute atomic E-state index is 10.3. The van der Waals surface area contributed by atoms with Gasteiger partial charge < -0.3 is 14.7 Å². The number of aromatic hydroxyl groups is 1. The summed E-state index contributed by atoms with van der Waals surface area (Å²) in [6.45, 7) is 1.87. The molecule has 0 spiro atoms. The van der Waals surface area contributed by atoms with E-state index in [0.717, 1.165) is 48.6 Å². The Morgan fingerprint density at radius 3 is 2.54 bits per heavy atom. The molecule has 2 aliphatic heterocycles. The van der Waals surface area contributed by atoms with Crippen LogP contribution in [-0.2, 0) is 6.42 Å². The molecule has 5 rings (SSSR count). The number of phenolic OH excluding ortho intramolecular Hbond substituents is 1. The number of halogens is 2. The van der Waals surface area contributed by atoms with Crippen LogP contribution in [0.3, 0.4) is 0 Å². The van der Waals surface area contributed by atoms with Gasteiger partial charge in [0.05, 0.1) is 11.1 Å². The number of hydrogen-bond donors (Lipinski definition) is 1. The Bertz CT molecular complexity index is 1080. The third kappa shape index (κ3) is 3.05. The lowest BCUT2D eigenvalue weighted by Crippen LogP contribution is -2.23. The van der Waals surface area contributed by atoms with Crippen molar-refractivity contribution in [2.24, 2.45) is 0 Å².